The zero-order valence-electron chi connectivity index (χ0n) is 11.4. The van der Waals surface area contributed by atoms with Crippen molar-refractivity contribution in [2.24, 2.45) is 0 Å². The summed E-state index contributed by atoms with van der Waals surface area (Å²) in [5.74, 6) is -1.32. The number of aliphatic carboxylic acids is 1. The Balaban J connectivity index is 2.56. The van der Waals surface area contributed by atoms with E-state index in [1.165, 1.54) is 0 Å². The number of aryl methyl sites for hydroxylation is 1. The summed E-state index contributed by atoms with van der Waals surface area (Å²) in [7, 11) is 1.68. The molecular weight excluding hydrogens is 246 g/mol. The number of carboxylic acid groups (broad SMARTS) is 1. The molecule has 0 aliphatic heterocycles. The van der Waals surface area contributed by atoms with Gasteiger partial charge < -0.3 is 14.7 Å². The topological polar surface area (TPSA) is 66.8 Å². The van der Waals surface area contributed by atoms with Crippen molar-refractivity contribution in [1.29, 1.82) is 0 Å². The van der Waals surface area contributed by atoms with Crippen LogP contribution in [-0.2, 0) is 14.3 Å². The van der Waals surface area contributed by atoms with Gasteiger partial charge in [0.2, 0.25) is 5.91 Å². The number of hydrogen-bond donors (Lipinski definition) is 1. The first-order valence-electron chi connectivity index (χ1n) is 6.03. The number of likely N-dealkylation sites (N-methyl/N-ethyl adjacent to an activating group) is 1. The van der Waals surface area contributed by atoms with E-state index in [0.717, 1.165) is 11.1 Å². The summed E-state index contributed by atoms with van der Waals surface area (Å²) in [6, 6.07) is 7.85. The smallest absolute Gasteiger partial charge is 0.329 e. The molecule has 0 spiro atoms. The van der Waals surface area contributed by atoms with E-state index in [9.17, 15) is 9.59 Å². The molecule has 1 unspecified atom stereocenters. The van der Waals surface area contributed by atoms with Gasteiger partial charge in [-0.05, 0) is 19.4 Å². The Morgan fingerprint density at radius 2 is 1.84 bits per heavy atom. The number of nitrogens with zero attached hydrogens (tertiary/aromatic N) is 1. The van der Waals surface area contributed by atoms with Crippen molar-refractivity contribution in [1.82, 2.24) is 4.90 Å². The predicted molar refractivity (Wildman–Crippen MR) is 70.8 cm³/mol. The summed E-state index contributed by atoms with van der Waals surface area (Å²) in [4.78, 5) is 23.7. The number of ether oxygens (including phenoxy) is 1. The lowest BCUT2D eigenvalue weighted by atomic mass is 10.1. The lowest BCUT2D eigenvalue weighted by Gasteiger charge is -2.25. The van der Waals surface area contributed by atoms with Crippen LogP contribution in [-0.4, -0.2) is 42.1 Å². The monoisotopic (exact) mass is 265 g/mol. The second-order valence-corrected chi connectivity index (χ2v) is 4.48. The van der Waals surface area contributed by atoms with E-state index in [1.807, 2.05) is 38.1 Å². The molecule has 1 N–H and O–H groups in total. The second-order valence-electron chi connectivity index (χ2n) is 4.48. The summed E-state index contributed by atoms with van der Waals surface area (Å²) >= 11 is 0. The van der Waals surface area contributed by atoms with Crippen LogP contribution in [0.5, 0.6) is 0 Å². The van der Waals surface area contributed by atoms with Gasteiger partial charge in [-0.1, -0.05) is 29.8 Å². The van der Waals surface area contributed by atoms with Crippen LogP contribution in [0, 0.1) is 6.92 Å². The number of carbonyl (C=O) groups excluding carboxylic acids is 1. The Labute approximate surface area is 112 Å². The lowest BCUT2D eigenvalue weighted by Crippen LogP contribution is -2.33. The third-order valence-corrected chi connectivity index (χ3v) is 2.99. The average molecular weight is 265 g/mol. The summed E-state index contributed by atoms with van der Waals surface area (Å²) in [5, 5.41) is 8.43. The molecule has 1 atom stereocenters. The Morgan fingerprint density at radius 1 is 1.26 bits per heavy atom. The summed E-state index contributed by atoms with van der Waals surface area (Å²) < 4.78 is 4.79. The number of carboxylic acids is 1. The standard InChI is InChI=1S/C14H19NO4/c1-10-4-6-12(7-5-10)11(2)15(3)13(16)8-19-9-14(17)18/h4-7,11H,8-9H2,1-3H3,(H,17,18). The van der Waals surface area contributed by atoms with Crippen LogP contribution < -0.4 is 0 Å². The van der Waals surface area contributed by atoms with Crippen molar-refractivity contribution in [3.05, 3.63) is 35.4 Å². The van der Waals surface area contributed by atoms with E-state index in [1.54, 1.807) is 11.9 Å². The Kier molecular flexibility index (Phi) is 5.51. The molecule has 1 aromatic rings. The quantitative estimate of drug-likeness (QED) is 0.848. The molecule has 5 nitrogen and oxygen atoms in total. The molecule has 0 bridgehead atoms. The van der Waals surface area contributed by atoms with Gasteiger partial charge in [0.1, 0.15) is 13.2 Å². The molecule has 0 saturated heterocycles. The highest BCUT2D eigenvalue weighted by atomic mass is 16.5. The fourth-order valence-electron chi connectivity index (χ4n) is 1.61. The van der Waals surface area contributed by atoms with E-state index in [4.69, 9.17) is 9.84 Å². The molecule has 19 heavy (non-hydrogen) atoms. The Morgan fingerprint density at radius 3 is 2.37 bits per heavy atom. The van der Waals surface area contributed by atoms with Gasteiger partial charge in [-0.25, -0.2) is 4.79 Å². The molecule has 0 aliphatic rings. The Bertz CT molecular complexity index is 441. The van der Waals surface area contributed by atoms with Crippen LogP contribution in [0.15, 0.2) is 24.3 Å². The molecule has 5 heteroatoms. The van der Waals surface area contributed by atoms with Crippen LogP contribution in [0.1, 0.15) is 24.1 Å². The van der Waals surface area contributed by atoms with Gasteiger partial charge in [0, 0.05) is 7.05 Å². The SMILES string of the molecule is Cc1ccc(C(C)N(C)C(=O)COCC(=O)O)cc1. The molecule has 0 saturated carbocycles. The normalized spacial score (nSPS) is 11.9. The molecule has 0 radical (unpaired) electrons. The highest BCUT2D eigenvalue weighted by Gasteiger charge is 2.17. The molecule has 0 aliphatic carbocycles. The Hall–Kier alpha value is -1.88. The third kappa shape index (κ3) is 4.71. The van der Waals surface area contributed by atoms with E-state index in [0.29, 0.717) is 0 Å². The van der Waals surface area contributed by atoms with Crippen LogP contribution in [0.3, 0.4) is 0 Å². The summed E-state index contributed by atoms with van der Waals surface area (Å²) in [5.41, 5.74) is 2.19. The molecule has 1 amide bonds. The summed E-state index contributed by atoms with van der Waals surface area (Å²) in [6.45, 7) is 3.24. The molecular formula is C14H19NO4. The molecule has 1 rings (SSSR count). The maximum Gasteiger partial charge on any atom is 0.329 e. The zero-order chi connectivity index (χ0) is 14.4. The zero-order valence-corrected chi connectivity index (χ0v) is 11.4. The second kappa shape index (κ2) is 6.89. The van der Waals surface area contributed by atoms with E-state index in [-0.39, 0.29) is 18.6 Å². The average Bonchev–Trinajstić information content (AvgIpc) is 2.37. The van der Waals surface area contributed by atoms with Gasteiger partial charge in [0.05, 0.1) is 6.04 Å². The van der Waals surface area contributed by atoms with E-state index < -0.39 is 12.6 Å². The highest BCUT2D eigenvalue weighted by Crippen LogP contribution is 2.19. The van der Waals surface area contributed by atoms with Crippen LogP contribution in [0.2, 0.25) is 0 Å². The van der Waals surface area contributed by atoms with Crippen LogP contribution >= 0.6 is 0 Å². The van der Waals surface area contributed by atoms with Crippen LogP contribution in [0.4, 0.5) is 0 Å². The van der Waals surface area contributed by atoms with Crippen LogP contribution in [0.25, 0.3) is 0 Å². The van der Waals surface area contributed by atoms with Gasteiger partial charge in [-0.2, -0.15) is 0 Å². The number of carbonyl (C=O) groups is 2. The minimum absolute atomic E-state index is 0.0819. The molecule has 1 aromatic carbocycles. The van der Waals surface area contributed by atoms with Crippen molar-refractivity contribution in [3.63, 3.8) is 0 Å². The van der Waals surface area contributed by atoms with Crippen molar-refractivity contribution in [3.8, 4) is 0 Å². The van der Waals surface area contributed by atoms with Gasteiger partial charge in [0.15, 0.2) is 0 Å². The van der Waals surface area contributed by atoms with Gasteiger partial charge in [-0.15, -0.1) is 0 Å². The van der Waals surface area contributed by atoms with Crippen molar-refractivity contribution >= 4 is 11.9 Å². The first-order chi connectivity index (χ1) is 8.91. The molecule has 104 valence electrons. The predicted octanol–water partition coefficient (Wildman–Crippen LogP) is 1.62. The first kappa shape index (κ1) is 15.2. The van der Waals surface area contributed by atoms with E-state index in [2.05, 4.69) is 0 Å². The maximum atomic E-state index is 11.8. The molecule has 0 fully saturated rings. The minimum Gasteiger partial charge on any atom is -0.480 e. The minimum atomic E-state index is -1.08. The van der Waals surface area contributed by atoms with Gasteiger partial charge in [-0.3, -0.25) is 4.79 Å². The van der Waals surface area contributed by atoms with Crippen molar-refractivity contribution < 1.29 is 19.4 Å². The van der Waals surface area contributed by atoms with Gasteiger partial charge >= 0.3 is 5.97 Å². The number of benzene rings is 1. The van der Waals surface area contributed by atoms with Crippen molar-refractivity contribution in [2.75, 3.05) is 20.3 Å². The largest absolute Gasteiger partial charge is 0.480 e. The summed E-state index contributed by atoms with van der Waals surface area (Å²) in [6.07, 6.45) is 0. The first-order valence-corrected chi connectivity index (χ1v) is 6.03. The maximum absolute atomic E-state index is 11.8. The fourth-order valence-corrected chi connectivity index (χ4v) is 1.61. The molecule has 0 heterocycles. The highest BCUT2D eigenvalue weighted by molar-refractivity contribution is 5.78. The van der Waals surface area contributed by atoms with Crippen molar-refractivity contribution in [2.45, 2.75) is 19.9 Å². The fraction of sp³-hybridized carbons (Fsp3) is 0.429. The molecule has 0 aromatic heterocycles. The number of hydrogen-bond acceptors (Lipinski definition) is 3. The van der Waals surface area contributed by atoms with Gasteiger partial charge in [0.25, 0.3) is 0 Å². The van der Waals surface area contributed by atoms with E-state index >= 15 is 0 Å². The number of rotatable bonds is 6. The lowest BCUT2D eigenvalue weighted by molar-refractivity contribution is -0.146. The third-order valence-electron chi connectivity index (χ3n) is 2.99. The number of amides is 1.